The molecule has 0 spiro atoms. The number of hydrogen-bond acceptors (Lipinski definition) is 5. The molecule has 1 saturated heterocycles. The van der Waals surface area contributed by atoms with Gasteiger partial charge in [-0.05, 0) is 30.3 Å². The van der Waals surface area contributed by atoms with E-state index in [2.05, 4.69) is 14.6 Å². The summed E-state index contributed by atoms with van der Waals surface area (Å²) in [5, 5.41) is 6.67. The number of morpholine rings is 1. The predicted octanol–water partition coefficient (Wildman–Crippen LogP) is 5.01. The monoisotopic (exact) mass is 484 g/mol. The van der Waals surface area contributed by atoms with E-state index in [1.165, 1.54) is 17.0 Å². The molecule has 174 valence electrons. The Balaban J connectivity index is 1.61. The summed E-state index contributed by atoms with van der Waals surface area (Å²) in [6, 6.07) is 9.92. The molecule has 2 heterocycles. The van der Waals surface area contributed by atoms with Crippen molar-refractivity contribution >= 4 is 23.3 Å². The minimum absolute atomic E-state index is 0.0203. The van der Waals surface area contributed by atoms with E-state index in [0.29, 0.717) is 37.0 Å². The lowest BCUT2D eigenvalue weighted by Crippen LogP contribution is -2.48. The summed E-state index contributed by atoms with van der Waals surface area (Å²) >= 11 is 6.09. The van der Waals surface area contributed by atoms with Gasteiger partial charge in [-0.1, -0.05) is 23.7 Å². The van der Waals surface area contributed by atoms with Crippen LogP contribution in [0.25, 0.3) is 11.5 Å². The van der Waals surface area contributed by atoms with E-state index in [-0.39, 0.29) is 23.7 Å². The molecule has 2 aromatic carbocycles. The molecule has 0 saturated carbocycles. The number of anilines is 1. The summed E-state index contributed by atoms with van der Waals surface area (Å²) in [5.41, 5.74) is 0.582. The second-order valence-electron chi connectivity index (χ2n) is 7.16. The molecule has 3 aromatic rings. The number of carbonyl (C=O) groups excluding carboxylic acids is 1. The Bertz CT molecular complexity index is 1150. The number of amides is 2. The third-order valence-corrected chi connectivity index (χ3v) is 5.16. The highest BCUT2D eigenvalue weighted by atomic mass is 35.5. The van der Waals surface area contributed by atoms with Gasteiger partial charge in [-0.15, -0.1) is 10.2 Å². The van der Waals surface area contributed by atoms with E-state index < -0.39 is 23.8 Å². The molecule has 0 radical (unpaired) electrons. The Labute approximate surface area is 190 Å². The molecular formula is C21H17ClF4N4O3. The number of benzene rings is 2. The Morgan fingerprint density at radius 2 is 1.88 bits per heavy atom. The molecule has 0 N–H and O–H groups in total. The molecule has 1 aliphatic rings. The number of urea groups is 1. The van der Waals surface area contributed by atoms with E-state index in [0.717, 1.165) is 6.07 Å². The van der Waals surface area contributed by atoms with Crippen LogP contribution in [0, 0.1) is 5.82 Å². The Hall–Kier alpha value is -3.18. The van der Waals surface area contributed by atoms with Crippen molar-refractivity contribution in [2.24, 2.45) is 0 Å². The molecule has 0 unspecified atom stereocenters. The molecule has 0 bridgehead atoms. The normalized spacial score (nSPS) is 14.4. The van der Waals surface area contributed by atoms with Crippen LogP contribution in [-0.2, 0) is 17.5 Å². The fourth-order valence-electron chi connectivity index (χ4n) is 3.27. The van der Waals surface area contributed by atoms with E-state index in [1.54, 1.807) is 29.2 Å². The van der Waals surface area contributed by atoms with Crippen LogP contribution in [0.3, 0.4) is 0 Å². The molecule has 33 heavy (non-hydrogen) atoms. The van der Waals surface area contributed by atoms with Crippen LogP contribution in [0.4, 0.5) is 28.0 Å². The second-order valence-corrected chi connectivity index (χ2v) is 7.60. The van der Waals surface area contributed by atoms with E-state index in [1.807, 2.05) is 0 Å². The first-order valence-electron chi connectivity index (χ1n) is 9.81. The van der Waals surface area contributed by atoms with Crippen LogP contribution in [0.15, 0.2) is 46.9 Å². The van der Waals surface area contributed by atoms with Crippen LogP contribution in [0.5, 0.6) is 0 Å². The summed E-state index contributed by atoms with van der Waals surface area (Å²) in [6.07, 6.45) is -4.80. The first-order valence-corrected chi connectivity index (χ1v) is 10.2. The van der Waals surface area contributed by atoms with Gasteiger partial charge in [-0.2, -0.15) is 13.2 Å². The Morgan fingerprint density at radius 3 is 2.52 bits per heavy atom. The highest BCUT2D eigenvalue weighted by Gasteiger charge is 2.38. The van der Waals surface area contributed by atoms with Crippen LogP contribution in [0.2, 0.25) is 5.02 Å². The van der Waals surface area contributed by atoms with Gasteiger partial charge in [-0.25, -0.2) is 9.18 Å². The molecule has 12 heteroatoms. The van der Waals surface area contributed by atoms with Gasteiger partial charge in [-0.3, -0.25) is 4.90 Å². The first kappa shape index (κ1) is 23.0. The molecule has 0 atom stereocenters. The number of alkyl halides is 3. The minimum atomic E-state index is -4.80. The molecule has 4 rings (SSSR count). The molecular weight excluding hydrogens is 468 g/mol. The van der Waals surface area contributed by atoms with Crippen LogP contribution < -0.4 is 4.90 Å². The zero-order chi connectivity index (χ0) is 23.6. The number of halogens is 5. The average molecular weight is 485 g/mol. The molecule has 0 aliphatic carbocycles. The number of ether oxygens (including phenoxy) is 1. The zero-order valence-electron chi connectivity index (χ0n) is 17.0. The lowest BCUT2D eigenvalue weighted by molar-refractivity contribution is -0.156. The first-order chi connectivity index (χ1) is 15.7. The van der Waals surface area contributed by atoms with E-state index in [9.17, 15) is 22.4 Å². The summed E-state index contributed by atoms with van der Waals surface area (Å²) in [4.78, 5) is 16.2. The second kappa shape index (κ2) is 9.36. The van der Waals surface area contributed by atoms with Gasteiger partial charge < -0.3 is 14.1 Å². The van der Waals surface area contributed by atoms with Crippen molar-refractivity contribution in [1.82, 2.24) is 15.1 Å². The van der Waals surface area contributed by atoms with Crippen molar-refractivity contribution in [2.75, 3.05) is 31.2 Å². The maximum atomic E-state index is 14.9. The molecule has 1 fully saturated rings. The smallest absolute Gasteiger partial charge is 0.413 e. The molecule has 7 nitrogen and oxygen atoms in total. The van der Waals surface area contributed by atoms with Gasteiger partial charge in [0.2, 0.25) is 5.89 Å². The van der Waals surface area contributed by atoms with E-state index in [4.69, 9.17) is 16.3 Å². The summed E-state index contributed by atoms with van der Waals surface area (Å²) in [7, 11) is 0. The third kappa shape index (κ3) is 5.25. The minimum Gasteiger partial charge on any atom is -0.413 e. The number of nitrogens with zero attached hydrogens (tertiary/aromatic N) is 4. The van der Waals surface area contributed by atoms with Crippen LogP contribution in [-0.4, -0.2) is 47.4 Å². The maximum absolute atomic E-state index is 14.9. The van der Waals surface area contributed by atoms with Gasteiger partial charge in [0.25, 0.3) is 0 Å². The van der Waals surface area contributed by atoms with E-state index >= 15 is 0 Å². The van der Waals surface area contributed by atoms with Crippen molar-refractivity contribution in [3.05, 3.63) is 64.8 Å². The summed E-state index contributed by atoms with van der Waals surface area (Å²) < 4.78 is 62.9. The lowest BCUT2D eigenvalue weighted by Gasteiger charge is -2.33. The fraction of sp³-hybridized carbons (Fsp3) is 0.286. The predicted molar refractivity (Wildman–Crippen MR) is 110 cm³/mol. The Kier molecular flexibility index (Phi) is 6.52. The fourth-order valence-corrected chi connectivity index (χ4v) is 3.46. The van der Waals surface area contributed by atoms with Crippen molar-refractivity contribution < 1.29 is 31.5 Å². The van der Waals surface area contributed by atoms with Gasteiger partial charge in [0, 0.05) is 34.9 Å². The van der Waals surface area contributed by atoms with Gasteiger partial charge in [0.1, 0.15) is 5.82 Å². The topological polar surface area (TPSA) is 71.7 Å². The quantitative estimate of drug-likeness (QED) is 0.487. The third-order valence-electron chi connectivity index (χ3n) is 4.93. The lowest BCUT2D eigenvalue weighted by atomic mass is 10.1. The maximum Gasteiger partial charge on any atom is 0.470 e. The number of carbonyl (C=O) groups is 1. The number of rotatable bonds is 4. The molecule has 1 aliphatic heterocycles. The number of hydrogen-bond donors (Lipinski definition) is 0. The molecule has 2 amide bonds. The number of aromatic nitrogens is 2. The SMILES string of the molecule is O=C(N1CCOCC1)N(Cc1ccc(-c2nnc(C(F)(F)F)o2)cc1F)c1cccc(Cl)c1. The highest BCUT2D eigenvalue weighted by Crippen LogP contribution is 2.31. The van der Waals surface area contributed by atoms with Crippen molar-refractivity contribution in [3.63, 3.8) is 0 Å². The molecule has 1 aromatic heterocycles. The Morgan fingerprint density at radius 1 is 1.12 bits per heavy atom. The van der Waals surface area contributed by atoms with Crippen LogP contribution >= 0.6 is 11.6 Å². The standard InChI is InChI=1S/C21H17ClF4N4O3/c22-15-2-1-3-16(11-15)30(20(31)29-6-8-32-9-7-29)12-14-5-4-13(10-17(14)23)18-27-28-19(33-18)21(24,25)26/h1-5,10-11H,6-9,12H2. The van der Waals surface area contributed by atoms with Crippen molar-refractivity contribution in [3.8, 4) is 11.5 Å². The van der Waals surface area contributed by atoms with Gasteiger partial charge in [0.15, 0.2) is 0 Å². The van der Waals surface area contributed by atoms with Crippen molar-refractivity contribution in [2.45, 2.75) is 12.7 Å². The van der Waals surface area contributed by atoms with Crippen molar-refractivity contribution in [1.29, 1.82) is 0 Å². The summed E-state index contributed by atoms with van der Waals surface area (Å²) in [6.45, 7) is 1.41. The van der Waals surface area contributed by atoms with Gasteiger partial charge in [0.05, 0.1) is 19.8 Å². The summed E-state index contributed by atoms with van der Waals surface area (Å²) in [5.74, 6) is -2.74. The van der Waals surface area contributed by atoms with Gasteiger partial charge >= 0.3 is 18.1 Å². The highest BCUT2D eigenvalue weighted by molar-refractivity contribution is 6.30. The largest absolute Gasteiger partial charge is 0.470 e. The van der Waals surface area contributed by atoms with Crippen LogP contribution in [0.1, 0.15) is 11.5 Å². The average Bonchev–Trinajstić information content (AvgIpc) is 3.29. The zero-order valence-corrected chi connectivity index (χ0v) is 17.7.